The van der Waals surface area contributed by atoms with Gasteiger partial charge < -0.3 is 10.2 Å². The summed E-state index contributed by atoms with van der Waals surface area (Å²) in [6, 6.07) is -0.208. The first-order valence-corrected chi connectivity index (χ1v) is 8.31. The van der Waals surface area contributed by atoms with E-state index in [4.69, 9.17) is 0 Å². The number of sulfone groups is 1. The number of carbonyl (C=O) groups excluding carboxylic acids is 1. The van der Waals surface area contributed by atoms with Crippen LogP contribution in [0.5, 0.6) is 0 Å². The van der Waals surface area contributed by atoms with Crippen LogP contribution in [0.4, 0.5) is 0 Å². The Hall–Kier alpha value is -0.620. The second-order valence-electron chi connectivity index (χ2n) is 6.20. The van der Waals surface area contributed by atoms with Crippen molar-refractivity contribution >= 4 is 15.7 Å². The molecule has 6 heteroatoms. The van der Waals surface area contributed by atoms with E-state index in [1.54, 1.807) is 0 Å². The van der Waals surface area contributed by atoms with E-state index in [-0.39, 0.29) is 28.9 Å². The van der Waals surface area contributed by atoms with Crippen molar-refractivity contribution in [2.45, 2.75) is 32.7 Å². The summed E-state index contributed by atoms with van der Waals surface area (Å²) in [5.74, 6) is 0.361. The van der Waals surface area contributed by atoms with Crippen molar-refractivity contribution in [3.05, 3.63) is 0 Å². The van der Waals surface area contributed by atoms with Crippen LogP contribution in [0.1, 0.15) is 26.7 Å². The molecule has 0 aliphatic carbocycles. The van der Waals surface area contributed by atoms with Crippen LogP contribution in [-0.4, -0.2) is 56.4 Å². The molecule has 2 fully saturated rings. The molecule has 0 radical (unpaired) electrons. The second kappa shape index (κ2) is 4.81. The molecule has 2 heterocycles. The summed E-state index contributed by atoms with van der Waals surface area (Å²) in [6.45, 7) is 6.36. The zero-order chi connectivity index (χ0) is 13.4. The van der Waals surface area contributed by atoms with Crippen LogP contribution in [0.25, 0.3) is 0 Å². The Balaban J connectivity index is 1.88. The zero-order valence-corrected chi connectivity index (χ0v) is 11.9. The van der Waals surface area contributed by atoms with Crippen LogP contribution in [0.3, 0.4) is 0 Å². The fourth-order valence-corrected chi connectivity index (χ4v) is 4.11. The van der Waals surface area contributed by atoms with Crippen LogP contribution in [0.2, 0.25) is 0 Å². The summed E-state index contributed by atoms with van der Waals surface area (Å²) >= 11 is 0. The maximum Gasteiger partial charge on any atom is 0.224 e. The summed E-state index contributed by atoms with van der Waals surface area (Å²) in [5.41, 5.74) is 0.196. The van der Waals surface area contributed by atoms with E-state index >= 15 is 0 Å². The van der Waals surface area contributed by atoms with Crippen LogP contribution in [0, 0.1) is 5.41 Å². The first-order chi connectivity index (χ1) is 8.27. The Labute approximate surface area is 109 Å². The van der Waals surface area contributed by atoms with Crippen molar-refractivity contribution in [1.82, 2.24) is 10.2 Å². The number of likely N-dealkylation sites (tertiary alicyclic amines) is 1. The summed E-state index contributed by atoms with van der Waals surface area (Å²) in [7, 11) is -2.96. The Bertz CT molecular complexity index is 431. The largest absolute Gasteiger partial charge is 0.342 e. The molecule has 0 aromatic rings. The summed E-state index contributed by atoms with van der Waals surface area (Å²) < 4.78 is 23.0. The molecule has 0 spiro atoms. The van der Waals surface area contributed by atoms with Gasteiger partial charge in [-0.25, -0.2) is 8.42 Å². The molecule has 104 valence electrons. The molecule has 1 atom stereocenters. The second-order valence-corrected chi connectivity index (χ2v) is 8.43. The maximum atomic E-state index is 12.1. The van der Waals surface area contributed by atoms with Gasteiger partial charge in [0.15, 0.2) is 9.84 Å². The molecule has 1 amide bonds. The van der Waals surface area contributed by atoms with Gasteiger partial charge in [-0.05, 0) is 11.8 Å². The van der Waals surface area contributed by atoms with E-state index in [0.717, 1.165) is 19.5 Å². The van der Waals surface area contributed by atoms with Crippen LogP contribution in [0.15, 0.2) is 0 Å². The first kappa shape index (κ1) is 13.8. The van der Waals surface area contributed by atoms with Gasteiger partial charge in [0.25, 0.3) is 0 Å². The predicted molar refractivity (Wildman–Crippen MR) is 70.0 cm³/mol. The zero-order valence-electron chi connectivity index (χ0n) is 11.1. The molecule has 2 aliphatic rings. The monoisotopic (exact) mass is 274 g/mol. The van der Waals surface area contributed by atoms with E-state index in [0.29, 0.717) is 13.0 Å². The first-order valence-electron chi connectivity index (χ1n) is 6.49. The van der Waals surface area contributed by atoms with E-state index in [2.05, 4.69) is 19.2 Å². The average Bonchev–Trinajstić information content (AvgIpc) is 2.57. The third-order valence-corrected chi connectivity index (χ3v) is 5.49. The Morgan fingerprint density at radius 2 is 2.17 bits per heavy atom. The highest BCUT2D eigenvalue weighted by atomic mass is 32.2. The van der Waals surface area contributed by atoms with Crippen molar-refractivity contribution in [1.29, 1.82) is 0 Å². The number of hydrogen-bond donors (Lipinski definition) is 1. The molecular weight excluding hydrogens is 252 g/mol. The minimum atomic E-state index is -2.96. The van der Waals surface area contributed by atoms with Crippen molar-refractivity contribution in [3.63, 3.8) is 0 Å². The Morgan fingerprint density at radius 3 is 2.72 bits per heavy atom. The summed E-state index contributed by atoms with van der Waals surface area (Å²) in [6.07, 6.45) is 1.32. The van der Waals surface area contributed by atoms with Gasteiger partial charge in [-0.3, -0.25) is 4.79 Å². The fraction of sp³-hybridized carbons (Fsp3) is 0.917. The van der Waals surface area contributed by atoms with Crippen molar-refractivity contribution < 1.29 is 13.2 Å². The molecule has 18 heavy (non-hydrogen) atoms. The van der Waals surface area contributed by atoms with Crippen LogP contribution in [-0.2, 0) is 14.6 Å². The molecular formula is C12H22N2O3S. The standard InChI is InChI=1S/C12H22N2O3S/c1-12(2)3-5-14(9-12)11(15)7-10-8-18(16,17)6-4-13-10/h10,13H,3-9H2,1-2H3. The number of nitrogens with one attached hydrogen (secondary N) is 1. The van der Waals surface area contributed by atoms with Gasteiger partial charge >= 0.3 is 0 Å². The van der Waals surface area contributed by atoms with E-state index in [1.807, 2.05) is 4.90 Å². The number of nitrogens with zero attached hydrogens (tertiary/aromatic N) is 1. The van der Waals surface area contributed by atoms with Gasteiger partial charge in [-0.15, -0.1) is 0 Å². The minimum Gasteiger partial charge on any atom is -0.342 e. The Kier molecular flexibility index (Phi) is 3.69. The number of hydrogen-bond acceptors (Lipinski definition) is 4. The topological polar surface area (TPSA) is 66.5 Å². The molecule has 0 aromatic heterocycles. The maximum absolute atomic E-state index is 12.1. The normalized spacial score (nSPS) is 30.3. The van der Waals surface area contributed by atoms with Crippen LogP contribution < -0.4 is 5.32 Å². The quantitative estimate of drug-likeness (QED) is 0.771. The molecule has 0 saturated carbocycles. The molecule has 2 saturated heterocycles. The highest BCUT2D eigenvalue weighted by molar-refractivity contribution is 7.91. The van der Waals surface area contributed by atoms with Gasteiger partial charge in [-0.1, -0.05) is 13.8 Å². The average molecular weight is 274 g/mol. The third kappa shape index (κ3) is 3.45. The lowest BCUT2D eigenvalue weighted by Crippen LogP contribution is -2.47. The lowest BCUT2D eigenvalue weighted by molar-refractivity contribution is -0.130. The lowest BCUT2D eigenvalue weighted by Gasteiger charge is -2.26. The molecule has 0 aromatic carbocycles. The van der Waals surface area contributed by atoms with Crippen molar-refractivity contribution in [3.8, 4) is 0 Å². The smallest absolute Gasteiger partial charge is 0.224 e. The minimum absolute atomic E-state index is 0.0789. The highest BCUT2D eigenvalue weighted by Crippen LogP contribution is 2.29. The third-order valence-electron chi connectivity index (χ3n) is 3.75. The van der Waals surface area contributed by atoms with Crippen molar-refractivity contribution in [2.75, 3.05) is 31.1 Å². The van der Waals surface area contributed by atoms with Gasteiger partial charge in [0.1, 0.15) is 0 Å². The van der Waals surface area contributed by atoms with Gasteiger partial charge in [-0.2, -0.15) is 0 Å². The molecule has 1 unspecified atom stereocenters. The van der Waals surface area contributed by atoms with E-state index in [9.17, 15) is 13.2 Å². The SMILES string of the molecule is CC1(C)CCN(C(=O)CC2CS(=O)(=O)CCN2)C1. The van der Waals surface area contributed by atoms with Crippen molar-refractivity contribution in [2.24, 2.45) is 5.41 Å². The van der Waals surface area contributed by atoms with E-state index in [1.165, 1.54) is 0 Å². The fourth-order valence-electron chi connectivity index (χ4n) is 2.66. The molecule has 2 aliphatic heterocycles. The van der Waals surface area contributed by atoms with Gasteiger partial charge in [0.05, 0.1) is 11.5 Å². The van der Waals surface area contributed by atoms with E-state index < -0.39 is 9.84 Å². The van der Waals surface area contributed by atoms with Gasteiger partial charge in [0.2, 0.25) is 5.91 Å². The number of carbonyl (C=O) groups is 1. The number of amides is 1. The molecule has 5 nitrogen and oxygen atoms in total. The lowest BCUT2D eigenvalue weighted by atomic mass is 9.93. The summed E-state index contributed by atoms with van der Waals surface area (Å²) in [4.78, 5) is 14.0. The molecule has 2 rings (SSSR count). The molecule has 0 bridgehead atoms. The Morgan fingerprint density at radius 1 is 1.44 bits per heavy atom. The molecule has 1 N–H and O–H groups in total. The number of rotatable bonds is 2. The summed E-state index contributed by atoms with van der Waals surface area (Å²) in [5, 5.41) is 3.12. The predicted octanol–water partition coefficient (Wildman–Crippen LogP) is 0.0216. The highest BCUT2D eigenvalue weighted by Gasteiger charge is 2.34. The van der Waals surface area contributed by atoms with Crippen LogP contribution >= 0.6 is 0 Å². The van der Waals surface area contributed by atoms with Gasteiger partial charge in [0, 0.05) is 32.1 Å².